The molecule has 0 fully saturated rings. The fourth-order valence-electron chi connectivity index (χ4n) is 0.854. The minimum atomic E-state index is -3.81. The van der Waals surface area contributed by atoms with Crippen LogP contribution < -0.4 is 9.44 Å². The molecule has 82 valence electrons. The third-order valence-corrected chi connectivity index (χ3v) is 2.47. The Hall–Kier alpha value is -1.60. The van der Waals surface area contributed by atoms with Gasteiger partial charge in [-0.05, 0) is 12.1 Å². The Morgan fingerprint density at radius 1 is 1.27 bits per heavy atom. The summed E-state index contributed by atoms with van der Waals surface area (Å²) in [5.74, 6) is -1.24. The average molecular weight is 230 g/mol. The second-order valence-corrected chi connectivity index (χ2v) is 4.19. The Balaban J connectivity index is 2.61. The largest absolute Gasteiger partial charge is 0.480 e. The van der Waals surface area contributed by atoms with Gasteiger partial charge in [0, 0.05) is 5.69 Å². The van der Waals surface area contributed by atoms with Crippen molar-refractivity contribution < 1.29 is 18.3 Å². The first-order valence-corrected chi connectivity index (χ1v) is 5.52. The Morgan fingerprint density at radius 3 is 2.40 bits per heavy atom. The lowest BCUT2D eigenvalue weighted by Crippen LogP contribution is -2.34. The lowest BCUT2D eigenvalue weighted by molar-refractivity contribution is -0.135. The van der Waals surface area contributed by atoms with E-state index in [1.807, 2.05) is 4.72 Å². The molecule has 0 radical (unpaired) electrons. The summed E-state index contributed by atoms with van der Waals surface area (Å²) < 4.78 is 26.5. The van der Waals surface area contributed by atoms with E-state index in [-0.39, 0.29) is 0 Å². The predicted octanol–water partition coefficient (Wildman–Crippen LogP) is 0.0175. The minimum absolute atomic E-state index is 0.371. The van der Waals surface area contributed by atoms with Crippen LogP contribution >= 0.6 is 0 Å². The molecule has 0 heterocycles. The van der Waals surface area contributed by atoms with E-state index in [9.17, 15) is 13.2 Å². The number of aliphatic carboxylic acids is 1. The molecule has 0 aliphatic heterocycles. The van der Waals surface area contributed by atoms with Crippen molar-refractivity contribution in [3.63, 3.8) is 0 Å². The molecule has 1 rings (SSSR count). The maximum Gasteiger partial charge on any atom is 0.318 e. The van der Waals surface area contributed by atoms with Crippen molar-refractivity contribution in [1.29, 1.82) is 0 Å². The second kappa shape index (κ2) is 4.76. The van der Waals surface area contributed by atoms with Crippen LogP contribution in [-0.4, -0.2) is 26.0 Å². The van der Waals surface area contributed by atoms with Crippen LogP contribution in [-0.2, 0) is 15.0 Å². The molecule has 0 aliphatic carbocycles. The number of carboxylic acid groups (broad SMARTS) is 1. The molecule has 0 amide bonds. The summed E-state index contributed by atoms with van der Waals surface area (Å²) in [6.07, 6.45) is 0. The quantitative estimate of drug-likeness (QED) is 0.664. The maximum atomic E-state index is 11.2. The zero-order valence-corrected chi connectivity index (χ0v) is 8.49. The minimum Gasteiger partial charge on any atom is -0.480 e. The summed E-state index contributed by atoms with van der Waals surface area (Å²) in [4.78, 5) is 10.1. The third-order valence-electron chi connectivity index (χ3n) is 1.44. The molecule has 15 heavy (non-hydrogen) atoms. The highest BCUT2D eigenvalue weighted by atomic mass is 32.2. The van der Waals surface area contributed by atoms with E-state index in [1.54, 1.807) is 30.3 Å². The van der Waals surface area contributed by atoms with Gasteiger partial charge in [0.25, 0.3) is 10.2 Å². The molecule has 0 aliphatic rings. The molecule has 0 spiro atoms. The van der Waals surface area contributed by atoms with Crippen molar-refractivity contribution in [3.05, 3.63) is 30.3 Å². The molecular weight excluding hydrogens is 220 g/mol. The van der Waals surface area contributed by atoms with Gasteiger partial charge in [-0.2, -0.15) is 13.1 Å². The van der Waals surface area contributed by atoms with Crippen molar-refractivity contribution in [3.8, 4) is 0 Å². The first kappa shape index (κ1) is 11.5. The Labute approximate surface area is 87.1 Å². The number of benzene rings is 1. The zero-order chi connectivity index (χ0) is 11.3. The topological polar surface area (TPSA) is 95.5 Å². The van der Waals surface area contributed by atoms with E-state index < -0.39 is 22.7 Å². The highest BCUT2D eigenvalue weighted by molar-refractivity contribution is 7.90. The van der Waals surface area contributed by atoms with Gasteiger partial charge in [-0.3, -0.25) is 9.52 Å². The molecule has 0 atom stereocenters. The number of carbonyl (C=O) groups is 1. The van der Waals surface area contributed by atoms with Crippen LogP contribution in [0.25, 0.3) is 0 Å². The summed E-state index contributed by atoms with van der Waals surface area (Å²) in [6.45, 7) is -0.651. The van der Waals surface area contributed by atoms with Gasteiger partial charge >= 0.3 is 5.97 Å². The van der Waals surface area contributed by atoms with Gasteiger partial charge in [-0.25, -0.2) is 0 Å². The number of para-hydroxylation sites is 1. The molecule has 1 aromatic carbocycles. The molecule has 0 saturated heterocycles. The molecule has 0 unspecified atom stereocenters. The first-order chi connectivity index (χ1) is 6.99. The normalized spacial score (nSPS) is 10.9. The Bertz CT molecular complexity index is 429. The highest BCUT2D eigenvalue weighted by Crippen LogP contribution is 2.06. The second-order valence-electron chi connectivity index (χ2n) is 2.69. The summed E-state index contributed by atoms with van der Waals surface area (Å²) in [5.41, 5.74) is 0.371. The standard InChI is InChI=1S/C8H10N2O4S/c11-8(12)6-9-15(13,14)10-7-4-2-1-3-5-7/h1-5,9-10H,6H2,(H,11,12). The Morgan fingerprint density at radius 2 is 1.87 bits per heavy atom. The molecule has 1 aromatic rings. The number of anilines is 1. The van der Waals surface area contributed by atoms with Gasteiger partial charge < -0.3 is 5.11 Å². The van der Waals surface area contributed by atoms with Gasteiger partial charge in [0.2, 0.25) is 0 Å². The Kier molecular flexibility index (Phi) is 3.64. The van der Waals surface area contributed by atoms with Crippen LogP contribution in [0.3, 0.4) is 0 Å². The lowest BCUT2D eigenvalue weighted by atomic mass is 10.3. The summed E-state index contributed by atoms with van der Waals surface area (Å²) >= 11 is 0. The van der Waals surface area contributed by atoms with Crippen LogP contribution in [0.2, 0.25) is 0 Å². The molecule has 7 heteroatoms. The van der Waals surface area contributed by atoms with Crippen LogP contribution in [0.5, 0.6) is 0 Å². The summed E-state index contributed by atoms with van der Waals surface area (Å²) in [7, 11) is -3.81. The predicted molar refractivity (Wildman–Crippen MR) is 54.6 cm³/mol. The molecule has 3 N–H and O–H groups in total. The SMILES string of the molecule is O=C(O)CNS(=O)(=O)Nc1ccccc1. The first-order valence-electron chi connectivity index (χ1n) is 4.04. The summed E-state index contributed by atoms with van der Waals surface area (Å²) in [6, 6.07) is 8.17. The van der Waals surface area contributed by atoms with E-state index in [4.69, 9.17) is 5.11 Å². The number of hydrogen-bond donors (Lipinski definition) is 3. The zero-order valence-electron chi connectivity index (χ0n) is 7.67. The maximum absolute atomic E-state index is 11.2. The molecule has 6 nitrogen and oxygen atoms in total. The molecule has 0 bridgehead atoms. The van der Waals surface area contributed by atoms with E-state index in [2.05, 4.69) is 4.72 Å². The van der Waals surface area contributed by atoms with Crippen LogP contribution in [0, 0.1) is 0 Å². The van der Waals surface area contributed by atoms with Gasteiger partial charge in [0.15, 0.2) is 0 Å². The number of rotatable bonds is 5. The smallest absolute Gasteiger partial charge is 0.318 e. The summed E-state index contributed by atoms with van der Waals surface area (Å²) in [5, 5.41) is 8.29. The van der Waals surface area contributed by atoms with E-state index in [0.717, 1.165) is 0 Å². The van der Waals surface area contributed by atoms with Crippen LogP contribution in [0.15, 0.2) is 30.3 Å². The molecular formula is C8H10N2O4S. The number of carboxylic acids is 1. The lowest BCUT2D eigenvalue weighted by Gasteiger charge is -2.06. The van der Waals surface area contributed by atoms with E-state index >= 15 is 0 Å². The fraction of sp³-hybridized carbons (Fsp3) is 0.125. The van der Waals surface area contributed by atoms with Gasteiger partial charge in [0.1, 0.15) is 6.54 Å². The van der Waals surface area contributed by atoms with Gasteiger partial charge in [0.05, 0.1) is 0 Å². The number of nitrogens with one attached hydrogen (secondary N) is 2. The molecule has 0 saturated carbocycles. The van der Waals surface area contributed by atoms with Crippen LogP contribution in [0.1, 0.15) is 0 Å². The fourth-order valence-corrected chi connectivity index (χ4v) is 1.69. The van der Waals surface area contributed by atoms with Crippen molar-refractivity contribution in [2.75, 3.05) is 11.3 Å². The highest BCUT2D eigenvalue weighted by Gasteiger charge is 2.10. The number of hydrogen-bond acceptors (Lipinski definition) is 3. The van der Waals surface area contributed by atoms with Crippen molar-refractivity contribution in [2.45, 2.75) is 0 Å². The van der Waals surface area contributed by atoms with E-state index in [1.165, 1.54) is 0 Å². The van der Waals surface area contributed by atoms with Crippen LogP contribution in [0.4, 0.5) is 5.69 Å². The average Bonchev–Trinajstić information content (AvgIpc) is 2.16. The van der Waals surface area contributed by atoms with Crippen molar-refractivity contribution in [1.82, 2.24) is 4.72 Å². The van der Waals surface area contributed by atoms with Gasteiger partial charge in [-0.15, -0.1) is 0 Å². The van der Waals surface area contributed by atoms with Crippen molar-refractivity contribution in [2.24, 2.45) is 0 Å². The van der Waals surface area contributed by atoms with Gasteiger partial charge in [-0.1, -0.05) is 18.2 Å². The molecule has 0 aromatic heterocycles. The van der Waals surface area contributed by atoms with Crippen molar-refractivity contribution >= 4 is 21.9 Å². The monoisotopic (exact) mass is 230 g/mol. The van der Waals surface area contributed by atoms with E-state index in [0.29, 0.717) is 5.69 Å². The third kappa shape index (κ3) is 4.43.